The normalized spacial score (nSPS) is 10.4. The Morgan fingerprint density at radius 1 is 1.24 bits per heavy atom. The molecule has 21 heavy (non-hydrogen) atoms. The highest BCUT2D eigenvalue weighted by Crippen LogP contribution is 2.25. The van der Waals surface area contributed by atoms with E-state index in [0.717, 1.165) is 0 Å². The zero-order valence-electron chi connectivity index (χ0n) is 11.4. The molecular formula is C16H14ClFO3. The zero-order valence-corrected chi connectivity index (χ0v) is 12.2. The Bertz CT molecular complexity index is 643. The Kier molecular flexibility index (Phi) is 5.31. The van der Waals surface area contributed by atoms with E-state index in [4.69, 9.17) is 21.1 Å². The molecule has 0 spiro atoms. The van der Waals surface area contributed by atoms with E-state index < -0.39 is 0 Å². The number of ether oxygens (including phenoxy) is 2. The van der Waals surface area contributed by atoms with Crippen LogP contribution in [0, 0.1) is 5.82 Å². The van der Waals surface area contributed by atoms with Gasteiger partial charge in [0.1, 0.15) is 18.2 Å². The fourth-order valence-corrected chi connectivity index (χ4v) is 2.05. The molecule has 0 aliphatic carbocycles. The van der Waals surface area contributed by atoms with Crippen LogP contribution in [0.2, 0.25) is 5.02 Å². The van der Waals surface area contributed by atoms with Crippen LogP contribution in [-0.4, -0.2) is 19.5 Å². The molecule has 0 radical (unpaired) electrons. The van der Waals surface area contributed by atoms with Gasteiger partial charge in [0.05, 0.1) is 18.7 Å². The molecule has 0 atom stereocenters. The average Bonchev–Trinajstić information content (AvgIpc) is 2.49. The van der Waals surface area contributed by atoms with Crippen molar-refractivity contribution in [3.05, 3.63) is 64.4 Å². The van der Waals surface area contributed by atoms with Gasteiger partial charge in [0.15, 0.2) is 5.78 Å². The molecule has 3 nitrogen and oxygen atoms in total. The Balaban J connectivity index is 1.93. The molecule has 0 heterocycles. The lowest BCUT2D eigenvalue weighted by Crippen LogP contribution is -2.09. The summed E-state index contributed by atoms with van der Waals surface area (Å²) in [7, 11) is 1.50. The molecule has 0 amide bonds. The predicted molar refractivity (Wildman–Crippen MR) is 78.4 cm³/mol. The van der Waals surface area contributed by atoms with Crippen molar-refractivity contribution in [2.75, 3.05) is 13.7 Å². The van der Waals surface area contributed by atoms with Crippen LogP contribution in [0.3, 0.4) is 0 Å². The van der Waals surface area contributed by atoms with E-state index in [1.807, 2.05) is 0 Å². The summed E-state index contributed by atoms with van der Waals surface area (Å²) in [5, 5.41) is 0.359. The van der Waals surface area contributed by atoms with Crippen molar-refractivity contribution in [3.63, 3.8) is 0 Å². The van der Waals surface area contributed by atoms with Crippen molar-refractivity contribution in [1.82, 2.24) is 0 Å². The van der Waals surface area contributed by atoms with E-state index in [-0.39, 0.29) is 24.8 Å². The summed E-state index contributed by atoms with van der Waals surface area (Å²) in [5.74, 6) is -0.0752. The summed E-state index contributed by atoms with van der Waals surface area (Å²) in [5.41, 5.74) is 0.840. The summed E-state index contributed by atoms with van der Waals surface area (Å²) in [6.07, 6.45) is 0. The third-order valence-corrected chi connectivity index (χ3v) is 3.22. The number of methoxy groups -OCH3 is 1. The van der Waals surface area contributed by atoms with Crippen LogP contribution in [0.1, 0.15) is 15.9 Å². The van der Waals surface area contributed by atoms with Gasteiger partial charge in [0, 0.05) is 11.1 Å². The van der Waals surface area contributed by atoms with Gasteiger partial charge in [-0.1, -0.05) is 29.8 Å². The number of rotatable bonds is 6. The van der Waals surface area contributed by atoms with Crippen LogP contribution in [0.5, 0.6) is 5.75 Å². The molecule has 5 heteroatoms. The van der Waals surface area contributed by atoms with Crippen molar-refractivity contribution in [3.8, 4) is 5.75 Å². The lowest BCUT2D eigenvalue weighted by Gasteiger charge is -2.07. The first-order chi connectivity index (χ1) is 10.1. The molecule has 2 aromatic rings. The van der Waals surface area contributed by atoms with Gasteiger partial charge < -0.3 is 9.47 Å². The number of ketones is 1. The second-order valence-electron chi connectivity index (χ2n) is 4.36. The molecule has 0 aromatic heterocycles. The van der Waals surface area contributed by atoms with Crippen LogP contribution in [0.25, 0.3) is 0 Å². The second-order valence-corrected chi connectivity index (χ2v) is 4.76. The number of hydrogen-bond acceptors (Lipinski definition) is 3. The Morgan fingerprint density at radius 2 is 2.00 bits per heavy atom. The average molecular weight is 309 g/mol. The van der Waals surface area contributed by atoms with Crippen LogP contribution in [0.15, 0.2) is 42.5 Å². The minimum Gasteiger partial charge on any atom is -0.495 e. The smallest absolute Gasteiger partial charge is 0.188 e. The molecule has 0 fully saturated rings. The number of hydrogen-bond donors (Lipinski definition) is 0. The van der Waals surface area contributed by atoms with Crippen molar-refractivity contribution in [2.24, 2.45) is 0 Å². The molecule has 0 aliphatic rings. The van der Waals surface area contributed by atoms with Gasteiger partial charge in [-0.25, -0.2) is 4.39 Å². The van der Waals surface area contributed by atoms with Crippen molar-refractivity contribution < 1.29 is 18.7 Å². The van der Waals surface area contributed by atoms with Gasteiger partial charge in [0.2, 0.25) is 0 Å². The zero-order chi connectivity index (χ0) is 15.2. The molecule has 2 rings (SSSR count). The maximum atomic E-state index is 13.4. The van der Waals surface area contributed by atoms with Crippen molar-refractivity contribution in [2.45, 2.75) is 6.61 Å². The van der Waals surface area contributed by atoms with Gasteiger partial charge in [-0.15, -0.1) is 0 Å². The van der Waals surface area contributed by atoms with Crippen molar-refractivity contribution >= 4 is 17.4 Å². The van der Waals surface area contributed by atoms with Gasteiger partial charge in [-0.05, 0) is 24.3 Å². The summed E-state index contributed by atoms with van der Waals surface area (Å²) in [4.78, 5) is 12.0. The molecule has 0 unspecified atom stereocenters. The minimum absolute atomic E-state index is 0.0439. The summed E-state index contributed by atoms with van der Waals surface area (Å²) >= 11 is 5.96. The maximum Gasteiger partial charge on any atom is 0.188 e. The molecule has 0 bridgehead atoms. The largest absolute Gasteiger partial charge is 0.495 e. The van der Waals surface area contributed by atoms with E-state index in [1.165, 1.54) is 19.2 Å². The Morgan fingerprint density at radius 3 is 2.67 bits per heavy atom. The van der Waals surface area contributed by atoms with E-state index in [0.29, 0.717) is 21.9 Å². The lowest BCUT2D eigenvalue weighted by molar-refractivity contribution is 0.0721. The van der Waals surface area contributed by atoms with Crippen LogP contribution < -0.4 is 4.74 Å². The second kappa shape index (κ2) is 7.20. The fraction of sp³-hybridized carbons (Fsp3) is 0.188. The minimum atomic E-state index is -0.350. The molecule has 110 valence electrons. The molecule has 0 saturated heterocycles. The number of benzene rings is 2. The maximum absolute atomic E-state index is 13.4. The monoisotopic (exact) mass is 308 g/mol. The molecule has 2 aromatic carbocycles. The highest BCUT2D eigenvalue weighted by Gasteiger charge is 2.10. The van der Waals surface area contributed by atoms with Crippen molar-refractivity contribution in [1.29, 1.82) is 0 Å². The predicted octanol–water partition coefficient (Wildman–Crippen LogP) is 3.89. The molecule has 0 saturated carbocycles. The van der Waals surface area contributed by atoms with E-state index in [2.05, 4.69) is 0 Å². The fourth-order valence-electron chi connectivity index (χ4n) is 1.79. The van der Waals surface area contributed by atoms with Gasteiger partial charge in [0.25, 0.3) is 0 Å². The first kappa shape index (κ1) is 15.5. The van der Waals surface area contributed by atoms with Crippen LogP contribution >= 0.6 is 11.6 Å². The standard InChI is InChI=1S/C16H14ClFO3/c1-20-16-7-6-11(8-13(16)17)15(19)10-21-9-12-4-2-3-5-14(12)18/h2-8H,9-10H2,1H3. The molecular weight excluding hydrogens is 295 g/mol. The number of halogens is 2. The van der Waals surface area contributed by atoms with Gasteiger partial charge in [-0.3, -0.25) is 4.79 Å². The number of carbonyl (C=O) groups is 1. The highest BCUT2D eigenvalue weighted by molar-refractivity contribution is 6.32. The van der Waals surface area contributed by atoms with E-state index in [1.54, 1.807) is 30.3 Å². The quantitative estimate of drug-likeness (QED) is 0.760. The lowest BCUT2D eigenvalue weighted by atomic mass is 10.1. The SMILES string of the molecule is COc1ccc(C(=O)COCc2ccccc2F)cc1Cl. The van der Waals surface area contributed by atoms with E-state index >= 15 is 0 Å². The number of carbonyl (C=O) groups excluding carboxylic acids is 1. The summed E-state index contributed by atoms with van der Waals surface area (Å²) in [6, 6.07) is 11.0. The Labute approximate surface area is 127 Å². The Hall–Kier alpha value is -1.91. The third-order valence-electron chi connectivity index (χ3n) is 2.92. The first-order valence-electron chi connectivity index (χ1n) is 6.29. The van der Waals surface area contributed by atoms with Gasteiger partial charge in [-0.2, -0.15) is 0 Å². The topological polar surface area (TPSA) is 35.5 Å². The molecule has 0 aliphatic heterocycles. The summed E-state index contributed by atoms with van der Waals surface area (Å²) < 4.78 is 23.6. The molecule has 0 N–H and O–H groups in total. The highest BCUT2D eigenvalue weighted by atomic mass is 35.5. The number of Topliss-reactive ketones (excluding diaryl/α,β-unsaturated/α-hetero) is 1. The third kappa shape index (κ3) is 4.03. The van der Waals surface area contributed by atoms with Crippen LogP contribution in [-0.2, 0) is 11.3 Å². The van der Waals surface area contributed by atoms with Gasteiger partial charge >= 0.3 is 0 Å². The first-order valence-corrected chi connectivity index (χ1v) is 6.67. The summed E-state index contributed by atoms with van der Waals surface area (Å²) in [6.45, 7) is -0.0979. The van der Waals surface area contributed by atoms with E-state index in [9.17, 15) is 9.18 Å². The van der Waals surface area contributed by atoms with Crippen LogP contribution in [0.4, 0.5) is 4.39 Å².